The molecule has 10 nitrogen and oxygen atoms in total. The molecule has 2 aliphatic heterocycles. The number of hydrogen-bond donors (Lipinski definition) is 6. The Labute approximate surface area is 144 Å². The van der Waals surface area contributed by atoms with Crippen LogP contribution in [0.5, 0.6) is 0 Å². The SMILES string of the molecule is C#CCNC(=O)CCN1C=C([C@@H]2O[C@H](CO)[C@H](O)C2O)C(O)NC1=O. The van der Waals surface area contributed by atoms with E-state index in [0.29, 0.717) is 0 Å². The molecule has 0 saturated carbocycles. The van der Waals surface area contributed by atoms with E-state index in [1.165, 1.54) is 6.20 Å². The number of nitrogens with zero attached hydrogens (tertiary/aromatic N) is 1. The van der Waals surface area contributed by atoms with E-state index in [2.05, 4.69) is 16.6 Å². The molecule has 10 heteroatoms. The molecule has 0 aromatic carbocycles. The minimum atomic E-state index is -1.43. The number of aliphatic hydroxyl groups excluding tert-OH is 4. The molecule has 0 aliphatic carbocycles. The van der Waals surface area contributed by atoms with Gasteiger partial charge >= 0.3 is 6.03 Å². The average Bonchev–Trinajstić information content (AvgIpc) is 2.87. The average molecular weight is 355 g/mol. The Balaban J connectivity index is 2.08. The second-order valence-corrected chi connectivity index (χ2v) is 5.66. The van der Waals surface area contributed by atoms with Crippen molar-refractivity contribution < 1.29 is 34.8 Å². The normalized spacial score (nSPS) is 32.0. The number of rotatable bonds is 6. The fourth-order valence-corrected chi connectivity index (χ4v) is 2.62. The highest BCUT2D eigenvalue weighted by Gasteiger charge is 2.46. The topological polar surface area (TPSA) is 152 Å². The predicted molar refractivity (Wildman–Crippen MR) is 83.5 cm³/mol. The maximum Gasteiger partial charge on any atom is 0.323 e. The zero-order chi connectivity index (χ0) is 18.6. The Kier molecular flexibility index (Phi) is 6.35. The van der Waals surface area contributed by atoms with Crippen molar-refractivity contribution in [3.8, 4) is 12.3 Å². The van der Waals surface area contributed by atoms with Gasteiger partial charge in [0.1, 0.15) is 24.4 Å². The van der Waals surface area contributed by atoms with Gasteiger partial charge in [-0.2, -0.15) is 0 Å². The van der Waals surface area contributed by atoms with E-state index in [1.807, 2.05) is 0 Å². The molecule has 138 valence electrons. The van der Waals surface area contributed by atoms with E-state index < -0.39 is 43.3 Å². The van der Waals surface area contributed by atoms with Crippen LogP contribution in [0.15, 0.2) is 11.8 Å². The monoisotopic (exact) mass is 355 g/mol. The molecule has 2 aliphatic rings. The first-order chi connectivity index (χ1) is 11.9. The lowest BCUT2D eigenvalue weighted by molar-refractivity contribution is -0.120. The minimum Gasteiger partial charge on any atom is -0.394 e. The standard InChI is InChI=1S/C15H21N3O7/c1-2-4-16-10(20)3-5-18-6-8(14(23)17-15(18)24)13-12(22)11(21)9(7-19)25-13/h1,6,9,11-14,19,21-23H,3-5,7H2,(H,16,20)(H,17,24)/t9-,11+,12?,13+,14?/m1/s1. The fraction of sp³-hybridized carbons (Fsp3) is 0.600. The van der Waals surface area contributed by atoms with Crippen molar-refractivity contribution in [2.45, 2.75) is 37.1 Å². The van der Waals surface area contributed by atoms with Crippen LogP contribution in [0.4, 0.5) is 4.79 Å². The molecule has 2 unspecified atom stereocenters. The third kappa shape index (κ3) is 4.28. The van der Waals surface area contributed by atoms with Gasteiger partial charge < -0.3 is 40.7 Å². The Morgan fingerprint density at radius 1 is 1.40 bits per heavy atom. The Hall–Kier alpha value is -2.16. The molecule has 6 N–H and O–H groups in total. The third-order valence-corrected chi connectivity index (χ3v) is 3.98. The minimum absolute atomic E-state index is 0.00720. The van der Waals surface area contributed by atoms with Crippen LogP contribution < -0.4 is 10.6 Å². The number of nitrogens with one attached hydrogen (secondary N) is 2. The largest absolute Gasteiger partial charge is 0.394 e. The zero-order valence-corrected chi connectivity index (χ0v) is 13.3. The van der Waals surface area contributed by atoms with Crippen LogP contribution in [0.1, 0.15) is 6.42 Å². The van der Waals surface area contributed by atoms with Crippen molar-refractivity contribution in [2.24, 2.45) is 0 Å². The van der Waals surface area contributed by atoms with Gasteiger partial charge in [-0.15, -0.1) is 6.42 Å². The van der Waals surface area contributed by atoms with Crippen molar-refractivity contribution in [1.29, 1.82) is 0 Å². The number of amides is 3. The van der Waals surface area contributed by atoms with Gasteiger partial charge in [-0.25, -0.2) is 4.79 Å². The molecule has 0 radical (unpaired) electrons. The van der Waals surface area contributed by atoms with E-state index in [1.54, 1.807) is 0 Å². The summed E-state index contributed by atoms with van der Waals surface area (Å²) in [5.41, 5.74) is 0.103. The van der Waals surface area contributed by atoms with Gasteiger partial charge in [0.2, 0.25) is 5.91 Å². The van der Waals surface area contributed by atoms with Gasteiger partial charge in [0.05, 0.1) is 13.2 Å². The smallest absolute Gasteiger partial charge is 0.323 e. The van der Waals surface area contributed by atoms with Gasteiger partial charge in [-0.1, -0.05) is 5.92 Å². The number of terminal acetylenes is 1. The van der Waals surface area contributed by atoms with E-state index in [-0.39, 0.29) is 31.0 Å². The quantitative estimate of drug-likeness (QED) is 0.275. The molecule has 0 aromatic heterocycles. The lowest BCUT2D eigenvalue weighted by Crippen LogP contribution is -2.52. The summed E-state index contributed by atoms with van der Waals surface area (Å²) in [6, 6.07) is -0.632. The molecule has 1 fully saturated rings. The summed E-state index contributed by atoms with van der Waals surface area (Å²) >= 11 is 0. The van der Waals surface area contributed by atoms with Gasteiger partial charge in [0, 0.05) is 24.7 Å². The van der Waals surface area contributed by atoms with E-state index >= 15 is 0 Å². The van der Waals surface area contributed by atoms with Crippen molar-refractivity contribution in [2.75, 3.05) is 19.7 Å². The summed E-state index contributed by atoms with van der Waals surface area (Å²) in [4.78, 5) is 24.6. The number of ether oxygens (including phenoxy) is 1. The van der Waals surface area contributed by atoms with Gasteiger partial charge in [-0.3, -0.25) is 4.79 Å². The maximum atomic E-state index is 11.9. The number of carbonyl (C=O) groups excluding carboxylic acids is 2. The first-order valence-corrected chi connectivity index (χ1v) is 7.68. The summed E-state index contributed by atoms with van der Waals surface area (Å²) in [6.07, 6.45) is 0.0204. The van der Waals surface area contributed by atoms with Crippen LogP contribution >= 0.6 is 0 Å². The summed E-state index contributed by atoms with van der Waals surface area (Å²) in [5.74, 6) is 1.91. The Morgan fingerprint density at radius 2 is 2.12 bits per heavy atom. The fourth-order valence-electron chi connectivity index (χ4n) is 2.62. The maximum absolute atomic E-state index is 11.9. The van der Waals surface area contributed by atoms with Crippen molar-refractivity contribution in [3.63, 3.8) is 0 Å². The first kappa shape index (κ1) is 19.2. The number of aliphatic hydroxyl groups is 4. The van der Waals surface area contributed by atoms with Gasteiger partial charge in [0.15, 0.2) is 6.23 Å². The summed E-state index contributed by atoms with van der Waals surface area (Å²) in [5, 5.41) is 43.7. The second-order valence-electron chi connectivity index (χ2n) is 5.66. The number of urea groups is 1. The van der Waals surface area contributed by atoms with Crippen LogP contribution in [0.2, 0.25) is 0 Å². The predicted octanol–water partition coefficient (Wildman–Crippen LogP) is -3.17. The van der Waals surface area contributed by atoms with E-state index in [0.717, 1.165) is 4.90 Å². The van der Waals surface area contributed by atoms with Crippen molar-refractivity contribution in [3.05, 3.63) is 11.8 Å². The van der Waals surface area contributed by atoms with Gasteiger partial charge in [-0.05, 0) is 0 Å². The molecule has 3 amide bonds. The van der Waals surface area contributed by atoms with Crippen LogP contribution in [-0.2, 0) is 9.53 Å². The van der Waals surface area contributed by atoms with Crippen molar-refractivity contribution in [1.82, 2.24) is 15.5 Å². The molecule has 0 aromatic rings. The van der Waals surface area contributed by atoms with Crippen LogP contribution in [0.3, 0.4) is 0 Å². The molecular weight excluding hydrogens is 334 g/mol. The lowest BCUT2D eigenvalue weighted by atomic mass is 10.00. The zero-order valence-electron chi connectivity index (χ0n) is 13.3. The summed E-state index contributed by atoms with van der Waals surface area (Å²) < 4.78 is 5.35. The lowest BCUT2D eigenvalue weighted by Gasteiger charge is -2.32. The molecule has 2 rings (SSSR count). The summed E-state index contributed by atoms with van der Waals surface area (Å²) in [7, 11) is 0. The Morgan fingerprint density at radius 3 is 2.72 bits per heavy atom. The highest BCUT2D eigenvalue weighted by atomic mass is 16.6. The second kappa shape index (κ2) is 8.28. The van der Waals surface area contributed by atoms with Crippen LogP contribution in [-0.4, -0.2) is 87.6 Å². The van der Waals surface area contributed by atoms with E-state index in [4.69, 9.17) is 16.3 Å². The van der Waals surface area contributed by atoms with Crippen LogP contribution in [0, 0.1) is 12.3 Å². The number of carbonyl (C=O) groups is 2. The third-order valence-electron chi connectivity index (χ3n) is 3.98. The highest BCUT2D eigenvalue weighted by molar-refractivity contribution is 5.80. The molecule has 0 spiro atoms. The number of hydrogen-bond acceptors (Lipinski definition) is 7. The summed E-state index contributed by atoms with van der Waals surface area (Å²) in [6.45, 7) is -0.426. The van der Waals surface area contributed by atoms with Crippen molar-refractivity contribution >= 4 is 11.9 Å². The molecular formula is C15H21N3O7. The molecule has 2 heterocycles. The Bertz CT molecular complexity index is 588. The molecule has 0 bridgehead atoms. The molecule has 5 atom stereocenters. The van der Waals surface area contributed by atoms with E-state index in [9.17, 15) is 24.9 Å². The highest BCUT2D eigenvalue weighted by Crippen LogP contribution is 2.29. The van der Waals surface area contributed by atoms with Crippen LogP contribution in [0.25, 0.3) is 0 Å². The molecule has 25 heavy (non-hydrogen) atoms. The molecule has 1 saturated heterocycles. The van der Waals surface area contributed by atoms with Gasteiger partial charge in [0.25, 0.3) is 0 Å². The first-order valence-electron chi connectivity index (χ1n) is 7.68.